The zero-order chi connectivity index (χ0) is 19.4. The molecule has 0 aliphatic rings. The van der Waals surface area contributed by atoms with Gasteiger partial charge in [0.1, 0.15) is 0 Å². The Hall–Kier alpha value is -2.56. The minimum Gasteiger partial charge on any atom is -0.469 e. The molecule has 140 valence electrons. The van der Waals surface area contributed by atoms with Gasteiger partial charge in [-0.15, -0.1) is 0 Å². The molecule has 0 aliphatic carbocycles. The van der Waals surface area contributed by atoms with Crippen molar-refractivity contribution < 1.29 is 14.3 Å². The van der Waals surface area contributed by atoms with Crippen molar-refractivity contribution in [1.82, 2.24) is 9.47 Å². The van der Waals surface area contributed by atoms with Crippen molar-refractivity contribution in [1.29, 1.82) is 0 Å². The summed E-state index contributed by atoms with van der Waals surface area (Å²) in [6, 6.07) is 10.0. The number of aryl methyl sites for hydroxylation is 3. The van der Waals surface area contributed by atoms with Crippen LogP contribution in [-0.2, 0) is 9.53 Å². The minimum absolute atomic E-state index is 0.0746. The Morgan fingerprint density at radius 1 is 1.12 bits per heavy atom. The first-order valence-corrected chi connectivity index (χ1v) is 8.93. The van der Waals surface area contributed by atoms with E-state index in [1.165, 1.54) is 7.11 Å². The van der Waals surface area contributed by atoms with Gasteiger partial charge in [-0.05, 0) is 52.0 Å². The second-order valence-corrected chi connectivity index (χ2v) is 6.74. The highest BCUT2D eigenvalue weighted by Gasteiger charge is 2.24. The van der Waals surface area contributed by atoms with Gasteiger partial charge in [0.05, 0.1) is 24.3 Å². The zero-order valence-corrected chi connectivity index (χ0v) is 16.5. The van der Waals surface area contributed by atoms with E-state index in [0.717, 1.165) is 22.6 Å². The molecule has 0 bridgehead atoms. The Kier molecular flexibility index (Phi) is 6.24. The molecular formula is C21H28N2O3. The third-order valence-corrected chi connectivity index (χ3v) is 4.66. The highest BCUT2D eigenvalue weighted by Crippen LogP contribution is 2.23. The number of hydrogen-bond acceptors (Lipinski definition) is 3. The predicted octanol–water partition coefficient (Wildman–Crippen LogP) is 3.67. The number of hydrogen-bond donors (Lipinski definition) is 0. The molecule has 0 aliphatic heterocycles. The largest absolute Gasteiger partial charge is 0.469 e. The summed E-state index contributed by atoms with van der Waals surface area (Å²) in [5.74, 6) is -0.750. The first-order valence-electron chi connectivity index (χ1n) is 8.93. The number of carbonyl (C=O) groups excluding carboxylic acids is 2. The Labute approximate surface area is 155 Å². The quantitative estimate of drug-likeness (QED) is 0.742. The molecule has 5 heteroatoms. The Bertz CT molecular complexity index is 788. The number of esters is 1. The Balaban J connectivity index is 2.44. The summed E-state index contributed by atoms with van der Waals surface area (Å²) < 4.78 is 6.88. The predicted molar refractivity (Wildman–Crippen MR) is 103 cm³/mol. The van der Waals surface area contributed by atoms with Crippen molar-refractivity contribution >= 4 is 11.9 Å². The van der Waals surface area contributed by atoms with Crippen molar-refractivity contribution in [2.75, 3.05) is 20.2 Å². The topological polar surface area (TPSA) is 51.5 Å². The molecule has 0 radical (unpaired) electrons. The van der Waals surface area contributed by atoms with Crippen LogP contribution in [0, 0.1) is 26.7 Å². The summed E-state index contributed by atoms with van der Waals surface area (Å²) in [5, 5.41) is 0. The van der Waals surface area contributed by atoms with Gasteiger partial charge in [0.25, 0.3) is 5.91 Å². The lowest BCUT2D eigenvalue weighted by Crippen LogP contribution is -2.37. The van der Waals surface area contributed by atoms with Gasteiger partial charge in [0, 0.05) is 24.5 Å². The van der Waals surface area contributed by atoms with Crippen LogP contribution in [0.3, 0.4) is 0 Å². The molecule has 1 atom stereocenters. The van der Waals surface area contributed by atoms with Crippen LogP contribution in [0.15, 0.2) is 30.3 Å². The zero-order valence-electron chi connectivity index (χ0n) is 16.5. The van der Waals surface area contributed by atoms with Gasteiger partial charge in [-0.2, -0.15) is 0 Å². The van der Waals surface area contributed by atoms with Gasteiger partial charge >= 0.3 is 5.97 Å². The summed E-state index contributed by atoms with van der Waals surface area (Å²) in [4.78, 5) is 26.7. The van der Waals surface area contributed by atoms with Crippen molar-refractivity contribution in [2.45, 2.75) is 34.6 Å². The summed E-state index contributed by atoms with van der Waals surface area (Å²) in [5.41, 5.74) is 4.69. The standard InChI is InChI=1S/C21H28N2O3/c1-7-22(13-15(3)21(25)26-6)20(24)18-12-14(2)8-11-19(18)23-16(4)9-10-17(23)5/h8-12,15H,7,13H2,1-6H3. The second kappa shape index (κ2) is 8.21. The Morgan fingerprint density at radius 2 is 1.73 bits per heavy atom. The molecule has 1 unspecified atom stereocenters. The molecule has 2 aromatic rings. The summed E-state index contributed by atoms with van der Waals surface area (Å²) in [6.45, 7) is 10.6. The molecule has 26 heavy (non-hydrogen) atoms. The van der Waals surface area contributed by atoms with Gasteiger partial charge in [0.15, 0.2) is 0 Å². The molecule has 0 N–H and O–H groups in total. The lowest BCUT2D eigenvalue weighted by atomic mass is 10.1. The number of amides is 1. The van der Waals surface area contributed by atoms with E-state index in [9.17, 15) is 9.59 Å². The third-order valence-electron chi connectivity index (χ3n) is 4.66. The molecule has 1 amide bonds. The number of benzene rings is 1. The van der Waals surface area contributed by atoms with E-state index in [1.807, 2.05) is 58.0 Å². The molecule has 1 heterocycles. The number of rotatable bonds is 6. The molecule has 0 saturated heterocycles. The summed E-state index contributed by atoms with van der Waals surface area (Å²) in [6.07, 6.45) is 0. The van der Waals surface area contributed by atoms with Crippen LogP contribution in [-0.4, -0.2) is 41.5 Å². The van der Waals surface area contributed by atoms with Gasteiger partial charge in [-0.1, -0.05) is 18.6 Å². The maximum atomic E-state index is 13.3. The van der Waals surface area contributed by atoms with Crippen LogP contribution in [0.4, 0.5) is 0 Å². The summed E-state index contributed by atoms with van der Waals surface area (Å²) >= 11 is 0. The first-order chi connectivity index (χ1) is 12.3. The average molecular weight is 356 g/mol. The van der Waals surface area contributed by atoms with Crippen LogP contribution in [0.5, 0.6) is 0 Å². The lowest BCUT2D eigenvalue weighted by Gasteiger charge is -2.25. The van der Waals surface area contributed by atoms with Crippen molar-refractivity contribution in [3.63, 3.8) is 0 Å². The normalized spacial score (nSPS) is 11.9. The van der Waals surface area contributed by atoms with Crippen molar-refractivity contribution in [3.05, 3.63) is 52.8 Å². The van der Waals surface area contributed by atoms with Crippen LogP contribution in [0.25, 0.3) is 5.69 Å². The molecule has 1 aromatic heterocycles. The second-order valence-electron chi connectivity index (χ2n) is 6.74. The molecule has 0 spiro atoms. The van der Waals surface area contributed by atoms with Gasteiger partial charge in [-0.3, -0.25) is 9.59 Å². The smallest absolute Gasteiger partial charge is 0.310 e. The minimum atomic E-state index is -0.368. The maximum Gasteiger partial charge on any atom is 0.310 e. The van der Waals surface area contributed by atoms with Crippen LogP contribution >= 0.6 is 0 Å². The van der Waals surface area contributed by atoms with Gasteiger partial charge in [-0.25, -0.2) is 0 Å². The molecule has 5 nitrogen and oxygen atoms in total. The van der Waals surface area contributed by atoms with Crippen LogP contribution in [0.2, 0.25) is 0 Å². The van der Waals surface area contributed by atoms with E-state index in [4.69, 9.17) is 4.74 Å². The fourth-order valence-corrected chi connectivity index (χ4v) is 3.20. The van der Waals surface area contributed by atoms with E-state index in [1.54, 1.807) is 11.8 Å². The van der Waals surface area contributed by atoms with Crippen molar-refractivity contribution in [3.8, 4) is 5.69 Å². The molecule has 2 rings (SSSR count). The number of nitrogens with zero attached hydrogens (tertiary/aromatic N) is 2. The first kappa shape index (κ1) is 19.8. The summed E-state index contributed by atoms with van der Waals surface area (Å²) in [7, 11) is 1.37. The van der Waals surface area contributed by atoms with Gasteiger partial charge in [0.2, 0.25) is 0 Å². The van der Waals surface area contributed by atoms with Crippen LogP contribution < -0.4 is 0 Å². The van der Waals surface area contributed by atoms with E-state index >= 15 is 0 Å². The number of aromatic nitrogens is 1. The average Bonchev–Trinajstić information content (AvgIpc) is 2.96. The van der Waals surface area contributed by atoms with Crippen molar-refractivity contribution in [2.24, 2.45) is 5.92 Å². The Morgan fingerprint density at radius 3 is 2.27 bits per heavy atom. The maximum absolute atomic E-state index is 13.3. The fraction of sp³-hybridized carbons (Fsp3) is 0.429. The van der Waals surface area contributed by atoms with E-state index in [2.05, 4.69) is 4.57 Å². The fourth-order valence-electron chi connectivity index (χ4n) is 3.20. The van der Waals surface area contributed by atoms with E-state index in [-0.39, 0.29) is 17.8 Å². The van der Waals surface area contributed by atoms with E-state index in [0.29, 0.717) is 18.7 Å². The number of methoxy groups -OCH3 is 1. The number of carbonyl (C=O) groups is 2. The van der Waals surface area contributed by atoms with Crippen LogP contribution in [0.1, 0.15) is 41.2 Å². The molecule has 0 saturated carbocycles. The molecule has 1 aromatic carbocycles. The highest BCUT2D eigenvalue weighted by molar-refractivity contribution is 5.98. The molecule has 0 fully saturated rings. The van der Waals surface area contributed by atoms with Gasteiger partial charge < -0.3 is 14.2 Å². The van der Waals surface area contributed by atoms with E-state index < -0.39 is 0 Å². The monoisotopic (exact) mass is 356 g/mol. The SMILES string of the molecule is CCN(CC(C)C(=O)OC)C(=O)c1cc(C)ccc1-n1c(C)ccc1C. The third kappa shape index (κ3) is 3.98. The lowest BCUT2D eigenvalue weighted by molar-refractivity contribution is -0.145. The number of ether oxygens (including phenoxy) is 1. The highest BCUT2D eigenvalue weighted by atomic mass is 16.5. The molecular weight excluding hydrogens is 328 g/mol.